The highest BCUT2D eigenvalue weighted by molar-refractivity contribution is 5.49. The molecular formula is C9H10NO. The van der Waals surface area contributed by atoms with E-state index in [1.54, 1.807) is 0 Å². The maximum absolute atomic E-state index is 8.84. The van der Waals surface area contributed by atoms with Crippen molar-refractivity contribution in [3.63, 3.8) is 0 Å². The fourth-order valence-corrected chi connectivity index (χ4v) is 1.41. The van der Waals surface area contributed by atoms with Gasteiger partial charge in [-0.25, -0.2) is 0 Å². The van der Waals surface area contributed by atoms with E-state index in [4.69, 9.17) is 5.11 Å². The Labute approximate surface area is 65.9 Å². The lowest BCUT2D eigenvalue weighted by Gasteiger charge is -2.01. The third-order valence-electron chi connectivity index (χ3n) is 1.98. The predicted octanol–water partition coefficient (Wildman–Crippen LogP) is 0.840. The van der Waals surface area contributed by atoms with Crippen molar-refractivity contribution in [1.82, 2.24) is 5.32 Å². The van der Waals surface area contributed by atoms with E-state index in [-0.39, 0.29) is 12.6 Å². The molecule has 1 atom stereocenters. The Morgan fingerprint density at radius 3 is 3.00 bits per heavy atom. The Kier molecular flexibility index (Phi) is 1.55. The molecule has 1 aliphatic rings. The number of nitrogens with zero attached hydrogens (tertiary/aromatic N) is 1. The molecule has 2 nitrogen and oxygen atoms in total. The maximum Gasteiger partial charge on any atom is 0.0778 e. The molecule has 0 spiro atoms. The van der Waals surface area contributed by atoms with Gasteiger partial charge in [0.05, 0.1) is 18.3 Å². The van der Waals surface area contributed by atoms with Gasteiger partial charge in [0.1, 0.15) is 0 Å². The van der Waals surface area contributed by atoms with Gasteiger partial charge in [0.15, 0.2) is 0 Å². The molecule has 1 aromatic carbocycles. The van der Waals surface area contributed by atoms with Gasteiger partial charge in [0.2, 0.25) is 0 Å². The van der Waals surface area contributed by atoms with Gasteiger partial charge in [0.25, 0.3) is 0 Å². The van der Waals surface area contributed by atoms with Crippen LogP contribution in [-0.4, -0.2) is 17.8 Å². The minimum absolute atomic E-state index is 0.104. The molecule has 11 heavy (non-hydrogen) atoms. The van der Waals surface area contributed by atoms with Gasteiger partial charge in [0, 0.05) is 0 Å². The lowest BCUT2D eigenvalue weighted by molar-refractivity contribution is 0.257. The second-order valence-electron chi connectivity index (χ2n) is 2.80. The first-order valence-electron chi connectivity index (χ1n) is 3.80. The molecule has 2 rings (SSSR count). The lowest BCUT2D eigenvalue weighted by atomic mass is 10.1. The van der Waals surface area contributed by atoms with Crippen LogP contribution in [0.1, 0.15) is 5.56 Å². The first-order valence-corrected chi connectivity index (χ1v) is 3.80. The highest BCUT2D eigenvalue weighted by atomic mass is 16.3. The average Bonchev–Trinajstić information content (AvgIpc) is 2.46. The molecular weight excluding hydrogens is 138 g/mol. The number of benzene rings is 1. The van der Waals surface area contributed by atoms with Crippen LogP contribution in [0.5, 0.6) is 0 Å². The molecule has 57 valence electrons. The monoisotopic (exact) mass is 148 g/mol. The number of hydrogen-bond acceptors (Lipinski definition) is 1. The zero-order valence-electron chi connectivity index (χ0n) is 6.20. The van der Waals surface area contributed by atoms with Crippen LogP contribution < -0.4 is 5.32 Å². The second-order valence-corrected chi connectivity index (χ2v) is 2.80. The summed E-state index contributed by atoms with van der Waals surface area (Å²) in [5.74, 6) is 0. The molecule has 2 heteroatoms. The molecule has 0 aliphatic carbocycles. The van der Waals surface area contributed by atoms with E-state index in [0.29, 0.717) is 0 Å². The summed E-state index contributed by atoms with van der Waals surface area (Å²) < 4.78 is 0. The third-order valence-corrected chi connectivity index (χ3v) is 1.98. The molecule has 1 aromatic rings. The normalized spacial score (nSPS) is 21.0. The zero-order chi connectivity index (χ0) is 7.68. The topological polar surface area (TPSA) is 34.3 Å². The summed E-state index contributed by atoms with van der Waals surface area (Å²) in [6.45, 7) is 0.161. The summed E-state index contributed by atoms with van der Waals surface area (Å²) in [4.78, 5) is 0. The molecule has 1 aliphatic heterocycles. The predicted molar refractivity (Wildman–Crippen MR) is 42.8 cm³/mol. The average molecular weight is 148 g/mol. The van der Waals surface area contributed by atoms with Crippen LogP contribution in [0.3, 0.4) is 0 Å². The van der Waals surface area contributed by atoms with Crippen LogP contribution in [0, 0.1) is 0 Å². The fraction of sp³-hybridized carbons (Fsp3) is 0.333. The molecule has 0 saturated heterocycles. The molecule has 0 fully saturated rings. The number of para-hydroxylation sites is 1. The first-order chi connectivity index (χ1) is 5.40. The van der Waals surface area contributed by atoms with Crippen LogP contribution in [0.2, 0.25) is 0 Å². The van der Waals surface area contributed by atoms with Crippen molar-refractivity contribution < 1.29 is 5.11 Å². The first kappa shape index (κ1) is 6.68. The number of rotatable bonds is 1. The van der Waals surface area contributed by atoms with Crippen molar-refractivity contribution >= 4 is 5.69 Å². The Hall–Kier alpha value is -1.02. The van der Waals surface area contributed by atoms with E-state index in [1.165, 1.54) is 5.56 Å². The van der Waals surface area contributed by atoms with Crippen LogP contribution in [-0.2, 0) is 6.42 Å². The Bertz CT molecular complexity index is 234. The molecule has 1 radical (unpaired) electrons. The fourth-order valence-electron chi connectivity index (χ4n) is 1.41. The minimum Gasteiger partial charge on any atom is -0.394 e. The van der Waals surface area contributed by atoms with E-state index in [1.807, 2.05) is 18.2 Å². The smallest absolute Gasteiger partial charge is 0.0778 e. The molecule has 0 bridgehead atoms. The van der Waals surface area contributed by atoms with Gasteiger partial charge >= 0.3 is 0 Å². The van der Waals surface area contributed by atoms with Crippen LogP contribution in [0.15, 0.2) is 24.3 Å². The van der Waals surface area contributed by atoms with E-state index < -0.39 is 0 Å². The second kappa shape index (κ2) is 2.55. The molecule has 0 saturated carbocycles. The highest BCUT2D eigenvalue weighted by Crippen LogP contribution is 2.24. The summed E-state index contributed by atoms with van der Waals surface area (Å²) in [6.07, 6.45) is 0.896. The van der Waals surface area contributed by atoms with Crippen LogP contribution in [0.25, 0.3) is 0 Å². The Morgan fingerprint density at radius 2 is 2.27 bits per heavy atom. The van der Waals surface area contributed by atoms with Crippen molar-refractivity contribution in [1.29, 1.82) is 0 Å². The molecule has 0 amide bonds. The SMILES string of the molecule is OC[C@@H]1Cc2ccccc2[N]1. The van der Waals surface area contributed by atoms with Crippen molar-refractivity contribution in [2.45, 2.75) is 12.5 Å². The summed E-state index contributed by atoms with van der Waals surface area (Å²) in [7, 11) is 0. The van der Waals surface area contributed by atoms with Gasteiger partial charge in [-0.2, -0.15) is 0 Å². The van der Waals surface area contributed by atoms with Crippen LogP contribution >= 0.6 is 0 Å². The molecule has 0 unspecified atom stereocenters. The molecule has 0 aromatic heterocycles. The van der Waals surface area contributed by atoms with E-state index in [0.717, 1.165) is 12.1 Å². The van der Waals surface area contributed by atoms with Gasteiger partial charge in [-0.3, -0.25) is 5.32 Å². The molecule has 1 heterocycles. The summed E-state index contributed by atoms with van der Waals surface area (Å²) in [5, 5.41) is 13.2. The largest absolute Gasteiger partial charge is 0.394 e. The zero-order valence-corrected chi connectivity index (χ0v) is 6.20. The molecule has 1 N–H and O–H groups in total. The van der Waals surface area contributed by atoms with Gasteiger partial charge in [-0.15, -0.1) is 0 Å². The minimum atomic E-state index is 0.104. The van der Waals surface area contributed by atoms with Crippen molar-refractivity contribution in [3.8, 4) is 0 Å². The Morgan fingerprint density at radius 1 is 1.45 bits per heavy atom. The van der Waals surface area contributed by atoms with Crippen LogP contribution in [0.4, 0.5) is 5.69 Å². The maximum atomic E-state index is 8.84. The number of aliphatic hydroxyl groups is 1. The Balaban J connectivity index is 2.27. The quantitative estimate of drug-likeness (QED) is 0.629. The standard InChI is InChI=1S/C9H10NO/c11-6-8-5-7-3-1-2-4-9(7)10-8/h1-4,8,11H,5-6H2/t8-/m0/s1. The highest BCUT2D eigenvalue weighted by Gasteiger charge is 2.20. The van der Waals surface area contributed by atoms with E-state index in [9.17, 15) is 0 Å². The van der Waals surface area contributed by atoms with Crippen molar-refractivity contribution in [2.75, 3.05) is 6.61 Å². The van der Waals surface area contributed by atoms with Crippen molar-refractivity contribution in [3.05, 3.63) is 29.8 Å². The third kappa shape index (κ3) is 1.10. The van der Waals surface area contributed by atoms with Gasteiger partial charge in [-0.1, -0.05) is 18.2 Å². The van der Waals surface area contributed by atoms with E-state index >= 15 is 0 Å². The van der Waals surface area contributed by atoms with Gasteiger partial charge in [-0.05, 0) is 18.1 Å². The van der Waals surface area contributed by atoms with E-state index in [2.05, 4.69) is 11.4 Å². The van der Waals surface area contributed by atoms with Gasteiger partial charge < -0.3 is 5.11 Å². The number of aliphatic hydroxyl groups excluding tert-OH is 1. The number of hydrogen-bond donors (Lipinski definition) is 1. The number of fused-ring (bicyclic) bond motifs is 1. The summed E-state index contributed by atoms with van der Waals surface area (Å²) in [5.41, 5.74) is 2.30. The summed E-state index contributed by atoms with van der Waals surface area (Å²) >= 11 is 0. The summed E-state index contributed by atoms with van der Waals surface area (Å²) in [6, 6.07) is 8.14. The van der Waals surface area contributed by atoms with Crippen molar-refractivity contribution in [2.24, 2.45) is 0 Å². The lowest BCUT2D eigenvalue weighted by Crippen LogP contribution is -2.18.